The highest BCUT2D eigenvalue weighted by atomic mass is 19.4. The number of halogens is 3. The molecule has 0 spiro atoms. The zero-order chi connectivity index (χ0) is 17.5. The lowest BCUT2D eigenvalue weighted by Gasteiger charge is -2.13. The van der Waals surface area contributed by atoms with Crippen molar-refractivity contribution in [3.63, 3.8) is 0 Å². The Morgan fingerprint density at radius 2 is 1.83 bits per heavy atom. The van der Waals surface area contributed by atoms with Crippen molar-refractivity contribution in [3.05, 3.63) is 53.9 Å². The third-order valence-corrected chi connectivity index (χ3v) is 3.50. The molecule has 0 aliphatic heterocycles. The average Bonchev–Trinajstić information content (AvgIpc) is 2.96. The van der Waals surface area contributed by atoms with Gasteiger partial charge in [-0.05, 0) is 18.2 Å². The summed E-state index contributed by atoms with van der Waals surface area (Å²) in [6.45, 7) is 0. The summed E-state index contributed by atoms with van der Waals surface area (Å²) in [5.74, 6) is -0.337. The van der Waals surface area contributed by atoms with E-state index in [2.05, 4.69) is 10.1 Å². The number of amides is 1. The zero-order valence-corrected chi connectivity index (χ0v) is 12.9. The van der Waals surface area contributed by atoms with Gasteiger partial charge >= 0.3 is 6.18 Å². The maximum absolute atomic E-state index is 13.2. The van der Waals surface area contributed by atoms with Crippen molar-refractivity contribution >= 4 is 11.6 Å². The second-order valence-electron chi connectivity index (χ2n) is 5.37. The third-order valence-electron chi connectivity index (χ3n) is 3.50. The second-order valence-corrected chi connectivity index (χ2v) is 5.37. The van der Waals surface area contributed by atoms with Gasteiger partial charge in [-0.25, -0.2) is 9.50 Å². The lowest BCUT2D eigenvalue weighted by Crippen LogP contribution is -2.23. The van der Waals surface area contributed by atoms with Crippen LogP contribution < -0.4 is 0 Å². The molecule has 0 aliphatic rings. The Labute approximate surface area is 135 Å². The summed E-state index contributed by atoms with van der Waals surface area (Å²) in [7, 11) is 3.15. The lowest BCUT2D eigenvalue weighted by atomic mass is 10.0. The molecule has 0 saturated carbocycles. The number of aromatic nitrogens is 3. The SMILES string of the molecule is CN(C)C(=O)c1cnc2ccc(-c3ccccc3C(F)(F)F)nn12. The molecule has 0 aliphatic carbocycles. The van der Waals surface area contributed by atoms with Gasteiger partial charge in [-0.1, -0.05) is 18.2 Å². The number of carbonyl (C=O) groups is 1. The summed E-state index contributed by atoms with van der Waals surface area (Å²) in [5.41, 5.74) is -0.155. The number of fused-ring (bicyclic) bond motifs is 1. The molecule has 8 heteroatoms. The molecule has 0 saturated heterocycles. The number of nitrogens with zero attached hydrogens (tertiary/aromatic N) is 4. The van der Waals surface area contributed by atoms with E-state index < -0.39 is 11.7 Å². The molecule has 3 aromatic rings. The molecule has 2 aromatic heterocycles. The van der Waals surface area contributed by atoms with E-state index in [1.54, 1.807) is 14.1 Å². The summed E-state index contributed by atoms with van der Waals surface area (Å²) < 4.78 is 40.8. The van der Waals surface area contributed by atoms with Crippen LogP contribution in [0.1, 0.15) is 16.1 Å². The Morgan fingerprint density at radius 1 is 1.12 bits per heavy atom. The van der Waals surface area contributed by atoms with E-state index in [0.717, 1.165) is 6.07 Å². The molecule has 124 valence electrons. The van der Waals surface area contributed by atoms with Crippen LogP contribution in [0.25, 0.3) is 16.9 Å². The number of rotatable bonds is 2. The molecular weight excluding hydrogens is 321 g/mol. The average molecular weight is 334 g/mol. The molecule has 2 heterocycles. The van der Waals surface area contributed by atoms with Gasteiger partial charge in [-0.2, -0.15) is 18.3 Å². The molecule has 1 amide bonds. The van der Waals surface area contributed by atoms with Gasteiger partial charge in [0.2, 0.25) is 0 Å². The fourth-order valence-electron chi connectivity index (χ4n) is 2.35. The Hall–Kier alpha value is -2.90. The Balaban J connectivity index is 2.19. The van der Waals surface area contributed by atoms with Gasteiger partial charge in [-0.15, -0.1) is 0 Å². The Morgan fingerprint density at radius 3 is 2.50 bits per heavy atom. The van der Waals surface area contributed by atoms with Crippen LogP contribution in [0, 0.1) is 0 Å². The first kappa shape index (κ1) is 16.0. The van der Waals surface area contributed by atoms with Gasteiger partial charge in [0.1, 0.15) is 0 Å². The largest absolute Gasteiger partial charge is 0.417 e. The quantitative estimate of drug-likeness (QED) is 0.723. The van der Waals surface area contributed by atoms with Crippen LogP contribution in [0.2, 0.25) is 0 Å². The van der Waals surface area contributed by atoms with Crippen LogP contribution in [0.3, 0.4) is 0 Å². The molecule has 0 unspecified atom stereocenters. The van der Waals surface area contributed by atoms with Crippen molar-refractivity contribution in [2.75, 3.05) is 14.1 Å². The van der Waals surface area contributed by atoms with Crippen LogP contribution >= 0.6 is 0 Å². The third kappa shape index (κ3) is 2.70. The number of carbonyl (C=O) groups excluding carboxylic acids is 1. The van der Waals surface area contributed by atoms with Gasteiger partial charge in [0, 0.05) is 19.7 Å². The predicted octanol–water partition coefficient (Wildman–Crippen LogP) is 3.12. The summed E-state index contributed by atoms with van der Waals surface area (Å²) in [6, 6.07) is 8.17. The van der Waals surface area contributed by atoms with Crippen molar-refractivity contribution < 1.29 is 18.0 Å². The topological polar surface area (TPSA) is 50.5 Å². The summed E-state index contributed by atoms with van der Waals surface area (Å²) in [6.07, 6.45) is -3.14. The number of benzene rings is 1. The maximum Gasteiger partial charge on any atom is 0.417 e. The number of alkyl halides is 3. The zero-order valence-electron chi connectivity index (χ0n) is 12.9. The maximum atomic E-state index is 13.2. The minimum atomic E-state index is -4.50. The molecular formula is C16H13F3N4O. The first-order valence-electron chi connectivity index (χ1n) is 7.02. The van der Waals surface area contributed by atoms with E-state index in [9.17, 15) is 18.0 Å². The summed E-state index contributed by atoms with van der Waals surface area (Å²) in [5, 5.41) is 4.19. The monoisotopic (exact) mass is 334 g/mol. The van der Waals surface area contributed by atoms with Gasteiger partial charge in [0.05, 0.1) is 17.5 Å². The fourth-order valence-corrected chi connectivity index (χ4v) is 2.35. The lowest BCUT2D eigenvalue weighted by molar-refractivity contribution is -0.137. The molecule has 3 rings (SSSR count). The molecule has 1 aromatic carbocycles. The number of hydrogen-bond acceptors (Lipinski definition) is 3. The van der Waals surface area contributed by atoms with Crippen LogP contribution in [0.15, 0.2) is 42.6 Å². The highest BCUT2D eigenvalue weighted by Gasteiger charge is 2.33. The Kier molecular flexibility index (Phi) is 3.75. The highest BCUT2D eigenvalue weighted by Crippen LogP contribution is 2.36. The molecule has 5 nitrogen and oxygen atoms in total. The van der Waals surface area contributed by atoms with Crippen LogP contribution in [-0.4, -0.2) is 39.5 Å². The highest BCUT2D eigenvalue weighted by molar-refractivity contribution is 5.92. The van der Waals surface area contributed by atoms with Gasteiger partial charge in [-0.3, -0.25) is 4.79 Å². The van der Waals surface area contributed by atoms with Gasteiger partial charge < -0.3 is 4.90 Å². The van der Waals surface area contributed by atoms with E-state index in [-0.39, 0.29) is 22.9 Å². The molecule has 0 atom stereocenters. The molecule has 0 bridgehead atoms. The minimum absolute atomic E-state index is 0.0520. The predicted molar refractivity (Wildman–Crippen MR) is 81.4 cm³/mol. The second kappa shape index (κ2) is 5.63. The van der Waals surface area contributed by atoms with Crippen molar-refractivity contribution in [1.29, 1.82) is 0 Å². The summed E-state index contributed by atoms with van der Waals surface area (Å²) >= 11 is 0. The van der Waals surface area contributed by atoms with Crippen molar-refractivity contribution in [3.8, 4) is 11.3 Å². The first-order valence-corrected chi connectivity index (χ1v) is 7.02. The summed E-state index contributed by atoms with van der Waals surface area (Å²) in [4.78, 5) is 17.5. The van der Waals surface area contributed by atoms with Gasteiger partial charge in [0.15, 0.2) is 11.3 Å². The molecule has 24 heavy (non-hydrogen) atoms. The molecule has 0 radical (unpaired) electrons. The van der Waals surface area contributed by atoms with Crippen molar-refractivity contribution in [1.82, 2.24) is 19.5 Å². The van der Waals surface area contributed by atoms with Crippen LogP contribution in [0.5, 0.6) is 0 Å². The number of imidazole rings is 1. The standard InChI is InChI=1S/C16H13F3N4O/c1-22(2)15(24)13-9-20-14-8-7-12(21-23(13)14)10-5-3-4-6-11(10)16(17,18)19/h3-9H,1-2H3. The fraction of sp³-hybridized carbons (Fsp3) is 0.188. The minimum Gasteiger partial charge on any atom is -0.343 e. The number of hydrogen-bond donors (Lipinski definition) is 0. The first-order chi connectivity index (χ1) is 11.3. The van der Waals surface area contributed by atoms with E-state index >= 15 is 0 Å². The molecule has 0 fully saturated rings. The van der Waals surface area contributed by atoms with E-state index in [1.165, 1.54) is 45.9 Å². The molecule has 0 N–H and O–H groups in total. The Bertz CT molecular complexity index is 915. The van der Waals surface area contributed by atoms with E-state index in [4.69, 9.17) is 0 Å². The van der Waals surface area contributed by atoms with Gasteiger partial charge in [0.25, 0.3) is 5.91 Å². The van der Waals surface area contributed by atoms with Crippen LogP contribution in [0.4, 0.5) is 13.2 Å². The van der Waals surface area contributed by atoms with Crippen molar-refractivity contribution in [2.45, 2.75) is 6.18 Å². The van der Waals surface area contributed by atoms with Crippen molar-refractivity contribution in [2.24, 2.45) is 0 Å². The van der Waals surface area contributed by atoms with E-state index in [0.29, 0.717) is 5.65 Å². The van der Waals surface area contributed by atoms with E-state index in [1.807, 2.05) is 0 Å². The van der Waals surface area contributed by atoms with Crippen LogP contribution in [-0.2, 0) is 6.18 Å². The smallest absolute Gasteiger partial charge is 0.343 e. The normalized spacial score (nSPS) is 11.7.